The molecule has 0 amide bonds. The Morgan fingerprint density at radius 1 is 1.28 bits per heavy atom. The van der Waals surface area contributed by atoms with Crippen LogP contribution in [0.25, 0.3) is 0 Å². The highest BCUT2D eigenvalue weighted by atomic mass is 127. The van der Waals surface area contributed by atoms with Gasteiger partial charge in [-0.3, -0.25) is 0 Å². The van der Waals surface area contributed by atoms with Crippen molar-refractivity contribution in [3.05, 3.63) is 46.2 Å². The molecule has 7 nitrogen and oxygen atoms in total. The summed E-state index contributed by atoms with van der Waals surface area (Å²) in [6.45, 7) is 7.15. The summed E-state index contributed by atoms with van der Waals surface area (Å²) in [5, 5.41) is 15.6. The summed E-state index contributed by atoms with van der Waals surface area (Å²) in [5.74, 6) is 2.33. The van der Waals surface area contributed by atoms with Gasteiger partial charge in [0.1, 0.15) is 11.0 Å². The minimum atomic E-state index is 0. The van der Waals surface area contributed by atoms with Crippen molar-refractivity contribution in [1.29, 1.82) is 0 Å². The molecular formula is C15H22Cl2IN7. The van der Waals surface area contributed by atoms with Crippen molar-refractivity contribution in [1.82, 2.24) is 30.0 Å². The number of hydrogen-bond donors (Lipinski definition) is 2. The molecular weight excluding hydrogens is 476 g/mol. The first-order valence-corrected chi connectivity index (χ1v) is 8.17. The van der Waals surface area contributed by atoms with Gasteiger partial charge in [-0.25, -0.2) is 4.99 Å². The van der Waals surface area contributed by atoms with Crippen LogP contribution in [0.1, 0.15) is 17.3 Å². The van der Waals surface area contributed by atoms with E-state index in [-0.39, 0.29) is 24.0 Å². The third kappa shape index (κ3) is 5.61. The third-order valence-electron chi connectivity index (χ3n) is 3.63. The first kappa shape index (κ1) is 21.8. The van der Waals surface area contributed by atoms with Crippen LogP contribution >= 0.6 is 47.2 Å². The van der Waals surface area contributed by atoms with E-state index in [0.29, 0.717) is 35.8 Å². The number of nitrogens with one attached hydrogen (secondary N) is 2. The molecule has 0 saturated heterocycles. The van der Waals surface area contributed by atoms with E-state index >= 15 is 0 Å². The Morgan fingerprint density at radius 3 is 2.52 bits per heavy atom. The number of nitrogens with zero attached hydrogens (tertiary/aromatic N) is 5. The van der Waals surface area contributed by atoms with Crippen LogP contribution in [0.5, 0.6) is 0 Å². The highest BCUT2D eigenvalue weighted by Crippen LogP contribution is 2.25. The first-order chi connectivity index (χ1) is 11.4. The highest BCUT2D eigenvalue weighted by Gasteiger charge is 2.09. The average molecular weight is 498 g/mol. The molecule has 0 saturated carbocycles. The predicted octanol–water partition coefficient (Wildman–Crippen LogP) is 2.81. The third-order valence-corrected chi connectivity index (χ3v) is 4.47. The first-order valence-electron chi connectivity index (χ1n) is 7.41. The molecule has 2 aromatic rings. The number of aryl methyl sites for hydroxylation is 1. The van der Waals surface area contributed by atoms with Gasteiger partial charge < -0.3 is 19.8 Å². The summed E-state index contributed by atoms with van der Waals surface area (Å²) >= 11 is 12.1. The molecule has 25 heavy (non-hydrogen) atoms. The topological polar surface area (TPSA) is 72.1 Å². The molecule has 0 radical (unpaired) electrons. The maximum Gasteiger partial charge on any atom is 0.192 e. The van der Waals surface area contributed by atoms with Gasteiger partial charge in [-0.15, -0.1) is 40.8 Å². The molecule has 0 unspecified atom stereocenters. The van der Waals surface area contributed by atoms with E-state index in [1.165, 1.54) is 0 Å². The van der Waals surface area contributed by atoms with Crippen molar-refractivity contribution in [2.75, 3.05) is 6.54 Å². The molecule has 0 aromatic carbocycles. The van der Waals surface area contributed by atoms with E-state index in [4.69, 9.17) is 23.2 Å². The van der Waals surface area contributed by atoms with Crippen molar-refractivity contribution < 1.29 is 0 Å². The Balaban J connectivity index is 0.00000312. The number of aliphatic imine (C=N–C) groups is 1. The van der Waals surface area contributed by atoms with Crippen molar-refractivity contribution in [3.63, 3.8) is 0 Å². The van der Waals surface area contributed by atoms with Crippen molar-refractivity contribution >= 4 is 53.1 Å². The summed E-state index contributed by atoms with van der Waals surface area (Å²) in [6.07, 6.45) is 1.76. The predicted molar refractivity (Wildman–Crippen MR) is 113 cm³/mol. The Bertz CT molecular complexity index is 751. The lowest BCUT2D eigenvalue weighted by Crippen LogP contribution is -2.37. The van der Waals surface area contributed by atoms with Crippen LogP contribution in [-0.4, -0.2) is 31.8 Å². The van der Waals surface area contributed by atoms with E-state index in [1.54, 1.807) is 6.08 Å². The van der Waals surface area contributed by atoms with Crippen molar-refractivity contribution in [2.45, 2.75) is 20.0 Å². The molecule has 0 aliphatic heterocycles. The Kier molecular flexibility index (Phi) is 8.74. The van der Waals surface area contributed by atoms with Crippen LogP contribution in [0.3, 0.4) is 0 Å². The summed E-state index contributed by atoms with van der Waals surface area (Å²) in [4.78, 5) is 4.55. The van der Waals surface area contributed by atoms with E-state index in [9.17, 15) is 0 Å². The van der Waals surface area contributed by atoms with Crippen LogP contribution in [0.2, 0.25) is 10.2 Å². The lowest BCUT2D eigenvalue weighted by molar-refractivity contribution is 0.719. The van der Waals surface area contributed by atoms with E-state index in [2.05, 4.69) is 32.4 Å². The molecule has 2 heterocycles. The normalized spacial score (nSPS) is 11.2. The maximum absolute atomic E-state index is 6.08. The van der Waals surface area contributed by atoms with Gasteiger partial charge in [-0.05, 0) is 13.0 Å². The molecule has 0 bridgehead atoms. The fraction of sp³-hybridized carbons (Fsp3) is 0.400. The van der Waals surface area contributed by atoms with Crippen LogP contribution in [0.4, 0.5) is 0 Å². The Hall–Kier alpha value is -1.26. The fourth-order valence-corrected chi connectivity index (χ4v) is 2.43. The van der Waals surface area contributed by atoms with E-state index in [0.717, 1.165) is 17.3 Å². The minimum absolute atomic E-state index is 0. The minimum Gasteiger partial charge on any atom is -0.353 e. The van der Waals surface area contributed by atoms with Crippen LogP contribution in [0.15, 0.2) is 23.7 Å². The van der Waals surface area contributed by atoms with E-state index < -0.39 is 0 Å². The number of guanidine groups is 1. The lowest BCUT2D eigenvalue weighted by Gasteiger charge is -2.11. The number of halogens is 3. The SMILES string of the molecule is C=CCNC(=NCc1cc(Cl)c(Cl)n1C)NCc1nnc(C)n1C.I. The summed E-state index contributed by atoms with van der Waals surface area (Å²) in [6, 6.07) is 1.81. The zero-order valence-corrected chi connectivity index (χ0v) is 18.2. The van der Waals surface area contributed by atoms with Gasteiger partial charge in [-0.2, -0.15) is 0 Å². The summed E-state index contributed by atoms with van der Waals surface area (Å²) < 4.78 is 3.74. The quantitative estimate of drug-likeness (QED) is 0.278. The molecule has 10 heteroatoms. The van der Waals surface area contributed by atoms with Crippen molar-refractivity contribution in [2.24, 2.45) is 19.1 Å². The maximum atomic E-state index is 6.08. The van der Waals surface area contributed by atoms with Crippen LogP contribution < -0.4 is 10.6 Å². The second-order valence-electron chi connectivity index (χ2n) is 5.24. The zero-order chi connectivity index (χ0) is 17.7. The number of rotatable bonds is 6. The molecule has 2 N–H and O–H groups in total. The van der Waals surface area contributed by atoms with Crippen molar-refractivity contribution in [3.8, 4) is 0 Å². The van der Waals surface area contributed by atoms with Gasteiger partial charge in [0.2, 0.25) is 0 Å². The zero-order valence-electron chi connectivity index (χ0n) is 14.4. The Labute approximate surface area is 174 Å². The standard InChI is InChI=1S/C15H21Cl2N7.HI/c1-5-6-18-15(20-9-13-22-21-10(2)23(13)3)19-8-11-7-12(16)14(17)24(11)4;/h5,7H,1,6,8-9H2,2-4H3,(H2,18,19,20);1H. The van der Waals surface area contributed by atoms with Gasteiger partial charge in [0.25, 0.3) is 0 Å². The molecule has 0 aliphatic rings. The second kappa shape index (κ2) is 10.0. The molecule has 138 valence electrons. The molecule has 0 atom stereocenters. The van der Waals surface area contributed by atoms with Crippen LogP contribution in [-0.2, 0) is 27.2 Å². The highest BCUT2D eigenvalue weighted by molar-refractivity contribution is 14.0. The van der Waals surface area contributed by atoms with Gasteiger partial charge in [0.15, 0.2) is 11.8 Å². The van der Waals surface area contributed by atoms with Gasteiger partial charge in [0.05, 0.1) is 18.1 Å². The lowest BCUT2D eigenvalue weighted by atomic mass is 10.4. The monoisotopic (exact) mass is 497 g/mol. The second-order valence-corrected chi connectivity index (χ2v) is 6.01. The largest absolute Gasteiger partial charge is 0.353 e. The fourth-order valence-electron chi connectivity index (χ4n) is 2.01. The number of aromatic nitrogens is 4. The van der Waals surface area contributed by atoms with Crippen LogP contribution in [0, 0.1) is 6.92 Å². The molecule has 0 fully saturated rings. The Morgan fingerprint density at radius 2 is 2.00 bits per heavy atom. The summed E-state index contributed by atoms with van der Waals surface area (Å²) in [7, 11) is 3.78. The number of hydrogen-bond acceptors (Lipinski definition) is 3. The van der Waals surface area contributed by atoms with Gasteiger partial charge in [-0.1, -0.05) is 29.3 Å². The molecule has 0 spiro atoms. The summed E-state index contributed by atoms with van der Waals surface area (Å²) in [5.41, 5.74) is 0.916. The van der Waals surface area contributed by atoms with E-state index in [1.807, 2.05) is 36.2 Å². The van der Waals surface area contributed by atoms with Gasteiger partial charge >= 0.3 is 0 Å². The molecule has 2 rings (SSSR count). The van der Waals surface area contributed by atoms with Gasteiger partial charge in [0, 0.05) is 26.3 Å². The smallest absolute Gasteiger partial charge is 0.192 e. The molecule has 0 aliphatic carbocycles. The average Bonchev–Trinajstić information content (AvgIpc) is 3.01. The molecule has 2 aromatic heterocycles.